The molecule has 1 saturated carbocycles. The Kier molecular flexibility index (Phi) is 10.9. The number of anilines is 1. The predicted molar refractivity (Wildman–Crippen MR) is 166 cm³/mol. The van der Waals surface area contributed by atoms with Crippen molar-refractivity contribution in [2.45, 2.75) is 57.7 Å². The van der Waals surface area contributed by atoms with Crippen molar-refractivity contribution in [3.05, 3.63) is 95.0 Å². The van der Waals surface area contributed by atoms with E-state index in [0.29, 0.717) is 17.4 Å². The van der Waals surface area contributed by atoms with Crippen LogP contribution in [0.25, 0.3) is 0 Å². The Hall–Kier alpha value is -3.56. The van der Waals surface area contributed by atoms with Gasteiger partial charge in [-0.15, -0.1) is 0 Å². The van der Waals surface area contributed by atoms with Gasteiger partial charge in [-0.25, -0.2) is 8.42 Å². The maximum atomic E-state index is 14.3. The van der Waals surface area contributed by atoms with Crippen LogP contribution in [0.4, 0.5) is 5.69 Å². The molecule has 10 heteroatoms. The third-order valence-corrected chi connectivity index (χ3v) is 8.69. The first-order valence-electron chi connectivity index (χ1n) is 14.2. The molecule has 1 fully saturated rings. The first-order valence-corrected chi connectivity index (χ1v) is 16.5. The van der Waals surface area contributed by atoms with Gasteiger partial charge in [0.15, 0.2) is 0 Å². The molecule has 1 aliphatic rings. The van der Waals surface area contributed by atoms with Gasteiger partial charge in [-0.2, -0.15) is 0 Å². The maximum absolute atomic E-state index is 14.3. The van der Waals surface area contributed by atoms with Crippen molar-refractivity contribution in [2.24, 2.45) is 0 Å². The molecule has 0 aliphatic heterocycles. The molecule has 1 atom stereocenters. The fourth-order valence-corrected chi connectivity index (χ4v) is 6.35. The monoisotopic (exact) mass is 611 g/mol. The molecule has 224 valence electrons. The number of hydrogen-bond acceptors (Lipinski definition) is 5. The summed E-state index contributed by atoms with van der Waals surface area (Å²) in [6.45, 7) is 1.69. The van der Waals surface area contributed by atoms with Crippen LogP contribution in [0.1, 0.15) is 43.7 Å². The molecule has 0 saturated heterocycles. The normalized spacial score (nSPS) is 14.3. The van der Waals surface area contributed by atoms with E-state index in [9.17, 15) is 18.0 Å². The number of amides is 2. The van der Waals surface area contributed by atoms with Gasteiger partial charge in [-0.1, -0.05) is 79.0 Å². The average Bonchev–Trinajstić information content (AvgIpc) is 3.47. The van der Waals surface area contributed by atoms with E-state index in [4.69, 9.17) is 16.3 Å². The summed E-state index contributed by atoms with van der Waals surface area (Å²) in [5.41, 5.74) is 1.87. The molecule has 0 heterocycles. The predicted octanol–water partition coefficient (Wildman–Crippen LogP) is 5.20. The number of nitrogens with zero attached hydrogens (tertiary/aromatic N) is 2. The third-order valence-electron chi connectivity index (χ3n) is 7.33. The van der Waals surface area contributed by atoms with Crippen molar-refractivity contribution in [3.8, 4) is 5.75 Å². The molecule has 3 aromatic carbocycles. The fourth-order valence-electron chi connectivity index (χ4n) is 5.29. The highest BCUT2D eigenvalue weighted by molar-refractivity contribution is 7.92. The first-order chi connectivity index (χ1) is 20.2. The molecule has 8 nitrogen and oxygen atoms in total. The zero-order chi connectivity index (χ0) is 30.1. The van der Waals surface area contributed by atoms with Crippen LogP contribution in [0.5, 0.6) is 5.75 Å². The van der Waals surface area contributed by atoms with E-state index in [-0.39, 0.29) is 30.6 Å². The van der Waals surface area contributed by atoms with Gasteiger partial charge in [-0.3, -0.25) is 13.9 Å². The van der Waals surface area contributed by atoms with E-state index in [0.717, 1.165) is 47.4 Å². The number of nitrogens with one attached hydrogen (secondary N) is 1. The highest BCUT2D eigenvalue weighted by Crippen LogP contribution is 2.30. The Bertz CT molecular complexity index is 1460. The second-order valence-electron chi connectivity index (χ2n) is 10.5. The second-order valence-corrected chi connectivity index (χ2v) is 12.9. The number of sulfonamides is 1. The largest absolute Gasteiger partial charge is 0.492 e. The number of hydrogen-bond donors (Lipinski definition) is 1. The SMILES string of the molecule is CCOc1ccccc1N(CC(=O)N(Cc1cccc(Cl)c1)[C@H](Cc1ccccc1)C(=O)NC1CCCC1)S(C)(=O)=O. The summed E-state index contributed by atoms with van der Waals surface area (Å²) >= 11 is 6.28. The summed E-state index contributed by atoms with van der Waals surface area (Å²) in [5, 5.41) is 3.66. The van der Waals surface area contributed by atoms with Crippen LogP contribution in [-0.4, -0.2) is 56.6 Å². The number of carbonyl (C=O) groups is 2. The Morgan fingerprint density at radius 2 is 1.64 bits per heavy atom. The van der Waals surface area contributed by atoms with Crippen LogP contribution in [0.2, 0.25) is 5.02 Å². The third kappa shape index (κ3) is 8.49. The van der Waals surface area contributed by atoms with Crippen molar-refractivity contribution in [2.75, 3.05) is 23.7 Å². The van der Waals surface area contributed by atoms with Crippen molar-refractivity contribution in [1.82, 2.24) is 10.2 Å². The van der Waals surface area contributed by atoms with Gasteiger partial charge in [0.2, 0.25) is 21.8 Å². The lowest BCUT2D eigenvalue weighted by atomic mass is 10.0. The molecular formula is C32H38ClN3O5S. The lowest BCUT2D eigenvalue weighted by Gasteiger charge is -2.34. The highest BCUT2D eigenvalue weighted by atomic mass is 35.5. The Morgan fingerprint density at radius 3 is 2.31 bits per heavy atom. The lowest BCUT2D eigenvalue weighted by molar-refractivity contribution is -0.140. The summed E-state index contributed by atoms with van der Waals surface area (Å²) in [6, 6.07) is 22.5. The summed E-state index contributed by atoms with van der Waals surface area (Å²) in [6.07, 6.45) is 5.19. The van der Waals surface area contributed by atoms with Crippen LogP contribution in [0.3, 0.4) is 0 Å². The molecule has 1 aliphatic carbocycles. The molecule has 0 spiro atoms. The number of ether oxygens (including phenoxy) is 1. The molecule has 4 rings (SSSR count). The van der Waals surface area contributed by atoms with Crippen molar-refractivity contribution >= 4 is 39.1 Å². The summed E-state index contributed by atoms with van der Waals surface area (Å²) in [4.78, 5) is 29.7. The zero-order valence-corrected chi connectivity index (χ0v) is 25.6. The molecule has 0 bridgehead atoms. The second kappa shape index (κ2) is 14.6. The number of carbonyl (C=O) groups excluding carboxylic acids is 2. The van der Waals surface area contributed by atoms with Crippen LogP contribution in [0.15, 0.2) is 78.9 Å². The van der Waals surface area contributed by atoms with Gasteiger partial charge in [0.1, 0.15) is 18.3 Å². The minimum absolute atomic E-state index is 0.0458. The number of halogens is 1. The standard InChI is InChI=1S/C32H38ClN3O5S/c1-3-41-30-19-10-9-18-28(30)36(42(2,39)40)23-31(37)35(22-25-14-11-15-26(33)20-25)29(21-24-12-5-4-6-13-24)32(38)34-27-16-7-8-17-27/h4-6,9-15,18-20,27,29H,3,7-8,16-17,21-23H2,1-2H3,(H,34,38)/t29-/m1/s1. The van der Waals surface area contributed by atoms with E-state index in [1.165, 1.54) is 4.90 Å². The van der Waals surface area contributed by atoms with Gasteiger partial charge in [-0.05, 0) is 55.2 Å². The van der Waals surface area contributed by atoms with E-state index in [2.05, 4.69) is 5.32 Å². The van der Waals surface area contributed by atoms with Gasteiger partial charge in [0.05, 0.1) is 18.6 Å². The topological polar surface area (TPSA) is 96.0 Å². The molecule has 1 N–H and O–H groups in total. The molecule has 3 aromatic rings. The average molecular weight is 612 g/mol. The zero-order valence-electron chi connectivity index (χ0n) is 24.0. The van der Waals surface area contributed by atoms with Crippen molar-refractivity contribution in [1.29, 1.82) is 0 Å². The molecule has 0 unspecified atom stereocenters. The van der Waals surface area contributed by atoms with Crippen LogP contribution in [0, 0.1) is 0 Å². The molecule has 0 radical (unpaired) electrons. The van der Waals surface area contributed by atoms with Gasteiger partial charge >= 0.3 is 0 Å². The summed E-state index contributed by atoms with van der Waals surface area (Å²) < 4.78 is 32.9. The molecule has 42 heavy (non-hydrogen) atoms. The smallest absolute Gasteiger partial charge is 0.244 e. The minimum atomic E-state index is -3.91. The van der Waals surface area contributed by atoms with E-state index >= 15 is 0 Å². The van der Waals surface area contributed by atoms with Gasteiger partial charge < -0.3 is 15.0 Å². The molecular weight excluding hydrogens is 574 g/mol. The van der Waals surface area contributed by atoms with Gasteiger partial charge in [0, 0.05) is 24.0 Å². The van der Waals surface area contributed by atoms with E-state index < -0.39 is 28.5 Å². The molecule has 2 amide bonds. The number of rotatable bonds is 13. The maximum Gasteiger partial charge on any atom is 0.244 e. The fraction of sp³-hybridized carbons (Fsp3) is 0.375. The highest BCUT2D eigenvalue weighted by Gasteiger charge is 2.34. The van der Waals surface area contributed by atoms with Crippen LogP contribution in [-0.2, 0) is 32.6 Å². The van der Waals surface area contributed by atoms with Crippen molar-refractivity contribution < 1.29 is 22.7 Å². The summed E-state index contributed by atoms with van der Waals surface area (Å²) in [5.74, 6) is -0.435. The molecule has 0 aromatic heterocycles. The van der Waals surface area contributed by atoms with Crippen molar-refractivity contribution in [3.63, 3.8) is 0 Å². The minimum Gasteiger partial charge on any atom is -0.492 e. The van der Waals surface area contributed by atoms with Crippen LogP contribution < -0.4 is 14.4 Å². The van der Waals surface area contributed by atoms with Crippen LogP contribution >= 0.6 is 11.6 Å². The Labute approximate surface area is 253 Å². The van der Waals surface area contributed by atoms with E-state index in [1.54, 1.807) is 49.4 Å². The Balaban J connectivity index is 1.74. The first kappa shape index (κ1) is 31.4. The number of benzene rings is 3. The Morgan fingerprint density at radius 1 is 0.976 bits per heavy atom. The number of para-hydroxylation sites is 2. The quantitative estimate of drug-likeness (QED) is 0.286. The lowest BCUT2D eigenvalue weighted by Crippen LogP contribution is -2.54. The van der Waals surface area contributed by atoms with Gasteiger partial charge in [0.25, 0.3) is 0 Å². The summed E-state index contributed by atoms with van der Waals surface area (Å²) in [7, 11) is -3.91. The van der Waals surface area contributed by atoms with E-state index in [1.807, 2.05) is 36.4 Å².